The molecular weight excluding hydrogens is 268 g/mol. The number of methoxy groups -OCH3 is 1. The second-order valence-electron chi connectivity index (χ2n) is 4.40. The molecule has 1 aliphatic rings. The van der Waals surface area contributed by atoms with Crippen molar-refractivity contribution in [1.29, 1.82) is 0 Å². The first-order chi connectivity index (χ1) is 9.03. The Kier molecular flexibility index (Phi) is 4.28. The van der Waals surface area contributed by atoms with E-state index in [1.54, 1.807) is 0 Å². The van der Waals surface area contributed by atoms with Gasteiger partial charge in [0.2, 0.25) is 10.0 Å². The van der Waals surface area contributed by atoms with E-state index in [0.29, 0.717) is 12.3 Å². The SMILES string of the molecule is COc1cc(N)ccc1S(=O)(=O)NCC1CCCO1. The van der Waals surface area contributed by atoms with Gasteiger partial charge < -0.3 is 15.2 Å². The van der Waals surface area contributed by atoms with Gasteiger partial charge >= 0.3 is 0 Å². The lowest BCUT2D eigenvalue weighted by Crippen LogP contribution is -2.32. The third kappa shape index (κ3) is 3.37. The maximum absolute atomic E-state index is 12.2. The van der Waals surface area contributed by atoms with Crippen LogP contribution in [-0.2, 0) is 14.8 Å². The summed E-state index contributed by atoms with van der Waals surface area (Å²) in [7, 11) is -2.21. The Morgan fingerprint density at radius 1 is 1.53 bits per heavy atom. The molecule has 0 spiro atoms. The van der Waals surface area contributed by atoms with E-state index in [0.717, 1.165) is 12.8 Å². The fourth-order valence-corrected chi connectivity index (χ4v) is 3.21. The molecule has 1 aromatic carbocycles. The van der Waals surface area contributed by atoms with Gasteiger partial charge in [-0.15, -0.1) is 0 Å². The molecule has 1 fully saturated rings. The lowest BCUT2D eigenvalue weighted by atomic mass is 10.2. The molecular formula is C12H18N2O4S. The van der Waals surface area contributed by atoms with Gasteiger partial charge in [-0.1, -0.05) is 0 Å². The van der Waals surface area contributed by atoms with E-state index in [9.17, 15) is 8.42 Å². The molecule has 1 unspecified atom stereocenters. The normalized spacial score (nSPS) is 19.5. The minimum absolute atomic E-state index is 0.0467. The molecule has 0 saturated carbocycles. The zero-order chi connectivity index (χ0) is 13.9. The van der Waals surface area contributed by atoms with Crippen LogP contribution in [0.2, 0.25) is 0 Å². The maximum Gasteiger partial charge on any atom is 0.244 e. The van der Waals surface area contributed by atoms with Crippen molar-refractivity contribution in [1.82, 2.24) is 4.72 Å². The lowest BCUT2D eigenvalue weighted by Gasteiger charge is -2.13. The number of nitrogen functional groups attached to an aromatic ring is 1. The number of sulfonamides is 1. The highest BCUT2D eigenvalue weighted by atomic mass is 32.2. The van der Waals surface area contributed by atoms with Crippen LogP contribution in [0.15, 0.2) is 23.1 Å². The monoisotopic (exact) mass is 286 g/mol. The van der Waals surface area contributed by atoms with Crippen molar-refractivity contribution in [3.05, 3.63) is 18.2 Å². The predicted molar refractivity (Wildman–Crippen MR) is 71.6 cm³/mol. The zero-order valence-electron chi connectivity index (χ0n) is 10.8. The van der Waals surface area contributed by atoms with Crippen LogP contribution in [0.1, 0.15) is 12.8 Å². The highest BCUT2D eigenvalue weighted by Crippen LogP contribution is 2.26. The molecule has 1 aliphatic heterocycles. The number of hydrogen-bond donors (Lipinski definition) is 2. The summed E-state index contributed by atoms with van der Waals surface area (Å²) in [5.41, 5.74) is 6.06. The van der Waals surface area contributed by atoms with E-state index in [1.165, 1.54) is 25.3 Å². The van der Waals surface area contributed by atoms with E-state index in [1.807, 2.05) is 0 Å². The van der Waals surface area contributed by atoms with E-state index in [2.05, 4.69) is 4.72 Å². The number of rotatable bonds is 5. The van der Waals surface area contributed by atoms with Gasteiger partial charge in [0.25, 0.3) is 0 Å². The Labute approximate surface area is 112 Å². The number of nitrogens with two attached hydrogens (primary N) is 1. The molecule has 1 saturated heterocycles. The number of benzene rings is 1. The van der Waals surface area contributed by atoms with Crippen molar-refractivity contribution in [3.8, 4) is 5.75 Å². The number of nitrogens with one attached hydrogen (secondary N) is 1. The summed E-state index contributed by atoms with van der Waals surface area (Å²) in [6, 6.07) is 4.45. The smallest absolute Gasteiger partial charge is 0.244 e. The highest BCUT2D eigenvalue weighted by molar-refractivity contribution is 7.89. The van der Waals surface area contributed by atoms with E-state index in [4.69, 9.17) is 15.2 Å². The molecule has 1 aromatic rings. The van der Waals surface area contributed by atoms with Gasteiger partial charge in [-0.25, -0.2) is 13.1 Å². The van der Waals surface area contributed by atoms with Crippen molar-refractivity contribution in [2.45, 2.75) is 23.8 Å². The van der Waals surface area contributed by atoms with Gasteiger partial charge in [-0.2, -0.15) is 0 Å². The summed E-state index contributed by atoms with van der Waals surface area (Å²) in [5.74, 6) is 0.236. The average molecular weight is 286 g/mol. The first-order valence-corrected chi connectivity index (χ1v) is 7.56. The summed E-state index contributed by atoms with van der Waals surface area (Å²) in [5, 5.41) is 0. The second kappa shape index (κ2) is 5.77. The Hall–Kier alpha value is -1.31. The molecule has 0 aliphatic carbocycles. The molecule has 3 N–H and O–H groups in total. The summed E-state index contributed by atoms with van der Waals surface area (Å²) >= 11 is 0. The first kappa shape index (κ1) is 14.1. The standard InChI is InChI=1S/C12H18N2O4S/c1-17-11-7-9(13)4-5-12(11)19(15,16)14-8-10-3-2-6-18-10/h4-5,7,10,14H,2-3,6,8,13H2,1H3. The zero-order valence-corrected chi connectivity index (χ0v) is 11.6. The molecule has 7 heteroatoms. The van der Waals surface area contributed by atoms with Crippen molar-refractivity contribution >= 4 is 15.7 Å². The molecule has 1 heterocycles. The maximum atomic E-state index is 12.2. The summed E-state index contributed by atoms with van der Waals surface area (Å²) in [6.45, 7) is 0.966. The van der Waals surface area contributed by atoms with Gasteiger partial charge in [0, 0.05) is 24.9 Å². The quantitative estimate of drug-likeness (QED) is 0.779. The van der Waals surface area contributed by atoms with Gasteiger partial charge in [0.05, 0.1) is 13.2 Å². The Morgan fingerprint density at radius 2 is 2.32 bits per heavy atom. The van der Waals surface area contributed by atoms with E-state index >= 15 is 0 Å². The van der Waals surface area contributed by atoms with Crippen molar-refractivity contribution in [2.24, 2.45) is 0 Å². The Morgan fingerprint density at radius 3 is 2.95 bits per heavy atom. The average Bonchev–Trinajstić information content (AvgIpc) is 2.89. The van der Waals surface area contributed by atoms with Crippen molar-refractivity contribution < 1.29 is 17.9 Å². The summed E-state index contributed by atoms with van der Waals surface area (Å²) in [6.07, 6.45) is 1.80. The predicted octanol–water partition coefficient (Wildman–Crippen LogP) is 0.735. The highest BCUT2D eigenvalue weighted by Gasteiger charge is 2.22. The largest absolute Gasteiger partial charge is 0.495 e. The molecule has 106 valence electrons. The Bertz CT molecular complexity index is 539. The third-order valence-electron chi connectivity index (χ3n) is 3.00. The summed E-state index contributed by atoms with van der Waals surface area (Å²) in [4.78, 5) is 0.0854. The van der Waals surface area contributed by atoms with Crippen molar-refractivity contribution in [2.75, 3.05) is 26.0 Å². The minimum atomic E-state index is -3.62. The van der Waals surface area contributed by atoms with Crippen LogP contribution in [-0.4, -0.2) is 34.8 Å². The first-order valence-electron chi connectivity index (χ1n) is 6.08. The van der Waals surface area contributed by atoms with Crippen LogP contribution in [0.3, 0.4) is 0 Å². The second-order valence-corrected chi connectivity index (χ2v) is 6.13. The number of ether oxygens (including phenoxy) is 2. The van der Waals surface area contributed by atoms with Gasteiger partial charge in [-0.3, -0.25) is 0 Å². The van der Waals surface area contributed by atoms with Crippen LogP contribution in [0, 0.1) is 0 Å². The van der Waals surface area contributed by atoms with Crippen LogP contribution < -0.4 is 15.2 Å². The van der Waals surface area contributed by atoms with E-state index in [-0.39, 0.29) is 23.3 Å². The van der Waals surface area contributed by atoms with Gasteiger partial charge in [-0.05, 0) is 25.0 Å². The fourth-order valence-electron chi connectivity index (χ4n) is 1.99. The molecule has 6 nitrogen and oxygen atoms in total. The van der Waals surface area contributed by atoms with Crippen LogP contribution in [0.4, 0.5) is 5.69 Å². The molecule has 0 aromatic heterocycles. The lowest BCUT2D eigenvalue weighted by molar-refractivity contribution is 0.114. The number of hydrogen-bond acceptors (Lipinski definition) is 5. The third-order valence-corrected chi connectivity index (χ3v) is 4.47. The topological polar surface area (TPSA) is 90.7 Å². The van der Waals surface area contributed by atoms with Gasteiger partial charge in [0.1, 0.15) is 10.6 Å². The van der Waals surface area contributed by atoms with Gasteiger partial charge in [0.15, 0.2) is 0 Å². The van der Waals surface area contributed by atoms with Crippen LogP contribution in [0.5, 0.6) is 5.75 Å². The molecule has 0 radical (unpaired) electrons. The molecule has 2 rings (SSSR count). The van der Waals surface area contributed by atoms with E-state index < -0.39 is 10.0 Å². The minimum Gasteiger partial charge on any atom is -0.495 e. The number of anilines is 1. The van der Waals surface area contributed by atoms with Crippen molar-refractivity contribution in [3.63, 3.8) is 0 Å². The molecule has 0 amide bonds. The van der Waals surface area contributed by atoms with Crippen LogP contribution >= 0.6 is 0 Å². The van der Waals surface area contributed by atoms with Crippen LogP contribution in [0.25, 0.3) is 0 Å². The molecule has 19 heavy (non-hydrogen) atoms. The molecule has 0 bridgehead atoms. The Balaban J connectivity index is 2.14. The summed E-state index contributed by atoms with van der Waals surface area (Å²) < 4.78 is 37.4. The molecule has 1 atom stereocenters. The fraction of sp³-hybridized carbons (Fsp3) is 0.500.